The third-order valence-electron chi connectivity index (χ3n) is 7.52. The molecule has 0 saturated carbocycles. The lowest BCUT2D eigenvalue weighted by atomic mass is 9.87. The van der Waals surface area contributed by atoms with Gasteiger partial charge in [-0.2, -0.15) is 4.31 Å². The number of aromatic nitrogens is 4. The summed E-state index contributed by atoms with van der Waals surface area (Å²) < 4.78 is 62.0. The number of phosphoric acid groups is 3. The normalized spacial score (nSPS) is 21.5. The van der Waals surface area contributed by atoms with E-state index in [-0.39, 0.29) is 60.2 Å². The largest absolute Gasteiger partial charge is 0.550 e. The van der Waals surface area contributed by atoms with Gasteiger partial charge in [0, 0.05) is 36.6 Å². The highest BCUT2D eigenvalue weighted by molar-refractivity contribution is 8.14. The predicted octanol–water partition coefficient (Wildman–Crippen LogP) is -2.25. The molecule has 320 valence electrons. The highest BCUT2D eigenvalue weighted by atomic mass is 32.2. The van der Waals surface area contributed by atoms with Gasteiger partial charge in [-0.3, -0.25) is 32.5 Å². The smallest absolute Gasteiger partial charge is 0.481 e. The third-order valence-corrected chi connectivity index (χ3v) is 11.4. The Morgan fingerprint density at radius 2 is 1.75 bits per heavy atom. The van der Waals surface area contributed by atoms with Gasteiger partial charge < -0.3 is 60.8 Å². The summed E-state index contributed by atoms with van der Waals surface area (Å²) >= 11 is 0.879. The average Bonchev–Trinajstić information content (AvgIpc) is 3.66. The topological polar surface area (TPSA) is 404 Å². The zero-order valence-electron chi connectivity index (χ0n) is 30.0. The first kappa shape index (κ1) is 48.1. The molecular weight excluding hydrogens is 851 g/mol. The molecule has 3 rings (SSSR count). The quantitative estimate of drug-likeness (QED) is 0.0323. The summed E-state index contributed by atoms with van der Waals surface area (Å²) in [5.74, 6) is -2.62. The van der Waals surface area contributed by atoms with Gasteiger partial charge in [-0.15, -0.1) is 0 Å². The molecule has 1 aliphatic rings. The molecule has 2 aromatic heterocycles. The van der Waals surface area contributed by atoms with Gasteiger partial charge >= 0.3 is 23.5 Å². The molecule has 3 heterocycles. The number of allylic oxidation sites excluding steroid dienone is 1. The molecule has 0 radical (unpaired) electrons. The first-order valence-corrected chi connectivity index (χ1v) is 21.8. The number of carboxylic acids is 1. The van der Waals surface area contributed by atoms with E-state index >= 15 is 0 Å². The molecule has 30 heteroatoms. The van der Waals surface area contributed by atoms with Gasteiger partial charge in [-0.05, 0) is 18.9 Å². The maximum atomic E-state index is 12.7. The molecule has 7 atom stereocenters. The van der Waals surface area contributed by atoms with Crippen LogP contribution in [0.15, 0.2) is 24.8 Å². The molecule has 0 aliphatic carbocycles. The van der Waals surface area contributed by atoms with Crippen LogP contribution >= 0.6 is 35.2 Å². The number of phosphoric ester groups is 3. The third kappa shape index (κ3) is 15.5. The Morgan fingerprint density at radius 3 is 2.42 bits per heavy atom. The minimum atomic E-state index is -5.59. The monoisotopic (exact) mass is 892 g/mol. The van der Waals surface area contributed by atoms with Gasteiger partial charge in [0.1, 0.15) is 36.3 Å². The number of nitrogens with two attached hydrogens (primary N) is 1. The number of aliphatic carboxylic acids is 1. The lowest BCUT2D eigenvalue weighted by molar-refractivity contribution is -0.305. The number of nitrogens with one attached hydrogen (secondary N) is 2. The number of nitrogen functional groups attached to an aromatic ring is 1. The molecule has 0 aromatic carbocycles. The number of carbonyl (C=O) groups is 4. The van der Waals surface area contributed by atoms with Crippen LogP contribution in [-0.2, 0) is 55.5 Å². The van der Waals surface area contributed by atoms with Gasteiger partial charge in [0.05, 0.1) is 19.5 Å². The Balaban J connectivity index is 1.47. The van der Waals surface area contributed by atoms with Crippen LogP contribution in [0.5, 0.6) is 0 Å². The second kappa shape index (κ2) is 20.6. The molecule has 7 unspecified atom stereocenters. The molecule has 57 heavy (non-hydrogen) atoms. The van der Waals surface area contributed by atoms with Crippen LogP contribution in [0.3, 0.4) is 0 Å². The van der Waals surface area contributed by atoms with E-state index in [4.69, 9.17) is 19.5 Å². The van der Waals surface area contributed by atoms with Crippen LogP contribution in [0.1, 0.15) is 39.3 Å². The summed E-state index contributed by atoms with van der Waals surface area (Å²) in [6, 6.07) is 0. The maximum absolute atomic E-state index is 12.7. The van der Waals surface area contributed by atoms with Crippen molar-refractivity contribution in [3.63, 3.8) is 0 Å². The van der Waals surface area contributed by atoms with E-state index < -0.39 is 90.5 Å². The molecule has 1 aliphatic heterocycles. The summed E-state index contributed by atoms with van der Waals surface area (Å²) in [4.78, 5) is 97.5. The van der Waals surface area contributed by atoms with E-state index in [1.165, 1.54) is 26.0 Å². The first-order chi connectivity index (χ1) is 26.4. The average molecular weight is 893 g/mol. The van der Waals surface area contributed by atoms with Crippen LogP contribution in [-0.4, -0.2) is 129 Å². The minimum absolute atomic E-state index is 0.0191. The fourth-order valence-electron chi connectivity index (χ4n) is 4.71. The van der Waals surface area contributed by atoms with Crippen molar-refractivity contribution in [2.75, 3.05) is 37.8 Å². The number of hydrogen-bond donors (Lipinski definition) is 9. The number of imidazole rings is 1. The molecule has 1 saturated heterocycles. The number of amides is 2. The molecule has 1 fully saturated rings. The molecule has 10 N–H and O–H groups in total. The molecule has 2 amide bonds. The Hall–Kier alpha value is -3.23. The number of nitrogens with zero attached hydrogens (tertiary/aromatic N) is 4. The summed E-state index contributed by atoms with van der Waals surface area (Å²) in [5, 5.41) is 36.2. The van der Waals surface area contributed by atoms with Crippen molar-refractivity contribution >= 4 is 75.1 Å². The zero-order valence-corrected chi connectivity index (χ0v) is 33.5. The zero-order chi connectivity index (χ0) is 42.8. The van der Waals surface area contributed by atoms with E-state index in [0.717, 1.165) is 29.0 Å². The highest BCUT2D eigenvalue weighted by Gasteiger charge is 2.50. The van der Waals surface area contributed by atoms with Crippen molar-refractivity contribution in [3.05, 3.63) is 24.8 Å². The van der Waals surface area contributed by atoms with E-state index in [1.54, 1.807) is 0 Å². The number of carboxylic acid groups (broad SMARTS) is 1. The standard InChI is InChI=1S/C27H42N7O19P3S/c1-27(2,22(40)25(41)30-8-7-16(35)29-9-10-57-18(38)6-4-3-5-17(36)37)12-50-56(47,48)53-55(45,46)49-11-15-21(52-54(42,43)44)20(39)26(51-15)34-14-33-19-23(28)31-13-32-24(19)34/h4,6,13-15,20-22,26,39-40H,3,5,7-12H2,1-2H3,(H,29,35)(H,30,41)(H,36,37)(H,45,46)(H,47,48)(H2,28,31,32)(H2,42,43,44)/p-1/b6-4+. The Kier molecular flexibility index (Phi) is 17.4. The first-order valence-electron chi connectivity index (χ1n) is 16.3. The predicted molar refractivity (Wildman–Crippen MR) is 190 cm³/mol. The highest BCUT2D eigenvalue weighted by Crippen LogP contribution is 2.61. The fourth-order valence-corrected chi connectivity index (χ4v) is 8.14. The van der Waals surface area contributed by atoms with Gasteiger partial charge in [-0.1, -0.05) is 31.7 Å². The summed E-state index contributed by atoms with van der Waals surface area (Å²) in [7, 11) is -16.4. The van der Waals surface area contributed by atoms with E-state index in [2.05, 4.69) is 34.4 Å². The molecular formula is C27H41N7O19P3S-. The number of aliphatic hydroxyl groups is 2. The number of rotatable bonds is 23. The van der Waals surface area contributed by atoms with Crippen molar-refractivity contribution in [2.24, 2.45) is 5.41 Å². The van der Waals surface area contributed by atoms with Gasteiger partial charge in [-0.25, -0.2) is 28.6 Å². The van der Waals surface area contributed by atoms with E-state index in [9.17, 15) is 67.8 Å². The summed E-state index contributed by atoms with van der Waals surface area (Å²) in [6.07, 6.45) is -4.59. The fraction of sp³-hybridized carbons (Fsp3) is 0.593. The molecule has 26 nitrogen and oxygen atoms in total. The summed E-state index contributed by atoms with van der Waals surface area (Å²) in [5.41, 5.74) is 4.20. The number of ether oxygens (including phenoxy) is 1. The minimum Gasteiger partial charge on any atom is -0.550 e. The SMILES string of the molecule is CC(C)(COP(=O)(O)OP(=O)(O)OCC1OC(n2cnc3c(N)ncnc32)C(O)C1OP(=O)(O)O)C(O)C(=O)NCCC(=O)NCCSC(=O)/C=C/CCC(=O)[O-]. The van der Waals surface area contributed by atoms with E-state index in [0.29, 0.717) is 0 Å². The number of hydrogen-bond acceptors (Lipinski definition) is 20. The number of anilines is 1. The van der Waals surface area contributed by atoms with Crippen molar-refractivity contribution in [1.82, 2.24) is 30.2 Å². The van der Waals surface area contributed by atoms with Crippen molar-refractivity contribution in [2.45, 2.75) is 63.8 Å². The Morgan fingerprint density at radius 1 is 1.07 bits per heavy atom. The second-order valence-electron chi connectivity index (χ2n) is 12.5. The molecule has 2 aromatic rings. The van der Waals surface area contributed by atoms with Crippen LogP contribution < -0.4 is 21.5 Å². The Labute approximate surface area is 327 Å². The number of aliphatic hydroxyl groups excluding tert-OH is 2. The van der Waals surface area contributed by atoms with Crippen LogP contribution in [0.25, 0.3) is 11.2 Å². The molecule has 0 spiro atoms. The lowest BCUT2D eigenvalue weighted by Gasteiger charge is -2.30. The number of thioether (sulfide) groups is 1. The van der Waals surface area contributed by atoms with Crippen molar-refractivity contribution in [1.29, 1.82) is 0 Å². The van der Waals surface area contributed by atoms with E-state index in [1.807, 2.05) is 0 Å². The van der Waals surface area contributed by atoms with Gasteiger partial charge in [0.2, 0.25) is 16.9 Å². The Bertz CT molecular complexity index is 1930. The summed E-state index contributed by atoms with van der Waals surface area (Å²) in [6.45, 7) is 0.232. The van der Waals surface area contributed by atoms with Crippen molar-refractivity contribution < 1.29 is 90.4 Å². The van der Waals surface area contributed by atoms with Crippen LogP contribution in [0, 0.1) is 5.41 Å². The molecule has 0 bridgehead atoms. The van der Waals surface area contributed by atoms with Gasteiger partial charge in [0.25, 0.3) is 0 Å². The maximum Gasteiger partial charge on any atom is 0.481 e. The lowest BCUT2D eigenvalue weighted by Crippen LogP contribution is -2.46. The number of carbonyl (C=O) groups excluding carboxylic acids is 4. The van der Waals surface area contributed by atoms with Crippen LogP contribution in [0.4, 0.5) is 5.82 Å². The van der Waals surface area contributed by atoms with Crippen molar-refractivity contribution in [3.8, 4) is 0 Å². The van der Waals surface area contributed by atoms with Gasteiger partial charge in [0.15, 0.2) is 17.7 Å². The number of fused-ring (bicyclic) bond motifs is 1. The second-order valence-corrected chi connectivity index (χ2v) is 17.9. The van der Waals surface area contributed by atoms with Crippen LogP contribution in [0.2, 0.25) is 0 Å².